The van der Waals surface area contributed by atoms with Crippen LogP contribution in [0.1, 0.15) is 19.4 Å². The molecule has 0 saturated heterocycles. The molecule has 0 saturated carbocycles. The van der Waals surface area contributed by atoms with Gasteiger partial charge >= 0.3 is 0 Å². The fourth-order valence-corrected chi connectivity index (χ4v) is 4.16. The van der Waals surface area contributed by atoms with Gasteiger partial charge in [0.1, 0.15) is 12.6 Å². The molecule has 0 aliphatic carbocycles. The number of carbonyl (C=O) groups excluding carboxylic acids is 2. The third kappa shape index (κ3) is 7.25. The number of amides is 2. The Hall–Kier alpha value is -2.58. The largest absolute Gasteiger partial charge is 0.355 e. The summed E-state index contributed by atoms with van der Waals surface area (Å²) in [6.45, 7) is 3.71. The summed E-state index contributed by atoms with van der Waals surface area (Å²) in [6, 6.07) is 15.1. The van der Waals surface area contributed by atoms with Gasteiger partial charge in [-0.15, -0.1) is 0 Å². The second kappa shape index (κ2) is 11.2. The van der Waals surface area contributed by atoms with Gasteiger partial charge in [-0.2, -0.15) is 0 Å². The third-order valence-electron chi connectivity index (χ3n) is 4.78. The zero-order valence-corrected chi connectivity index (χ0v) is 19.5. The highest BCUT2D eigenvalue weighted by Gasteiger charge is 2.29. The SMILES string of the molecule is CCNC(=O)[C@@H](C)N(CCc1ccccc1)C(=O)CN(c1cccc(Cl)c1)S(C)(=O)=O. The van der Waals surface area contributed by atoms with E-state index in [0.29, 0.717) is 18.0 Å². The van der Waals surface area contributed by atoms with Crippen LogP contribution in [-0.4, -0.2) is 57.1 Å². The van der Waals surface area contributed by atoms with Crippen molar-refractivity contribution in [2.24, 2.45) is 0 Å². The normalized spacial score (nSPS) is 12.1. The first-order valence-corrected chi connectivity index (χ1v) is 12.2. The number of sulfonamides is 1. The van der Waals surface area contributed by atoms with Gasteiger partial charge in [-0.25, -0.2) is 8.42 Å². The number of likely N-dealkylation sites (N-methyl/N-ethyl adjacent to an activating group) is 1. The molecular weight excluding hydrogens is 438 g/mol. The van der Waals surface area contributed by atoms with Gasteiger partial charge in [0.25, 0.3) is 0 Å². The van der Waals surface area contributed by atoms with Crippen molar-refractivity contribution in [1.29, 1.82) is 0 Å². The van der Waals surface area contributed by atoms with E-state index in [1.165, 1.54) is 11.0 Å². The smallest absolute Gasteiger partial charge is 0.244 e. The van der Waals surface area contributed by atoms with Gasteiger partial charge < -0.3 is 10.2 Å². The number of halogens is 1. The number of hydrogen-bond acceptors (Lipinski definition) is 4. The maximum atomic E-state index is 13.2. The van der Waals surface area contributed by atoms with Crippen LogP contribution in [0.2, 0.25) is 5.02 Å². The fraction of sp³-hybridized carbons (Fsp3) is 0.364. The van der Waals surface area contributed by atoms with Gasteiger partial charge in [-0.1, -0.05) is 48.0 Å². The average Bonchev–Trinajstić information content (AvgIpc) is 2.72. The van der Waals surface area contributed by atoms with Crippen molar-refractivity contribution in [3.05, 3.63) is 65.2 Å². The Morgan fingerprint density at radius 3 is 2.35 bits per heavy atom. The Bertz CT molecular complexity index is 999. The molecule has 2 aromatic carbocycles. The van der Waals surface area contributed by atoms with Crippen molar-refractivity contribution in [3.8, 4) is 0 Å². The predicted octanol–water partition coefficient (Wildman–Crippen LogP) is 2.70. The number of benzene rings is 2. The predicted molar refractivity (Wildman–Crippen MR) is 124 cm³/mol. The standard InChI is InChI=1S/C22H28ClN3O4S/c1-4-24-22(28)17(2)25(14-13-18-9-6-5-7-10-18)21(27)16-26(31(3,29)30)20-12-8-11-19(23)15-20/h5-12,15,17H,4,13-14,16H2,1-3H3,(H,24,28)/t17-/m1/s1. The first kappa shape index (κ1) is 24.7. The Kier molecular flexibility index (Phi) is 8.88. The molecule has 0 unspecified atom stereocenters. The summed E-state index contributed by atoms with van der Waals surface area (Å²) in [4.78, 5) is 27.1. The molecule has 0 aliphatic heterocycles. The summed E-state index contributed by atoms with van der Waals surface area (Å²) in [5, 5.41) is 3.08. The number of nitrogens with one attached hydrogen (secondary N) is 1. The number of carbonyl (C=O) groups is 2. The molecule has 0 aromatic heterocycles. The zero-order chi connectivity index (χ0) is 23.0. The lowest BCUT2D eigenvalue weighted by molar-refractivity contribution is -0.138. The minimum atomic E-state index is -3.76. The molecular formula is C22H28ClN3O4S. The zero-order valence-electron chi connectivity index (χ0n) is 17.9. The molecule has 2 rings (SSSR count). The number of hydrogen-bond donors (Lipinski definition) is 1. The molecule has 0 heterocycles. The van der Waals surface area contributed by atoms with Crippen LogP contribution < -0.4 is 9.62 Å². The van der Waals surface area contributed by atoms with Gasteiger partial charge in [0.15, 0.2) is 0 Å². The van der Waals surface area contributed by atoms with Crippen LogP contribution in [0.3, 0.4) is 0 Å². The van der Waals surface area contributed by atoms with Crippen molar-refractivity contribution in [2.45, 2.75) is 26.3 Å². The van der Waals surface area contributed by atoms with Crippen LogP contribution >= 0.6 is 11.6 Å². The second-order valence-corrected chi connectivity index (χ2v) is 9.49. The van der Waals surface area contributed by atoms with E-state index in [1.807, 2.05) is 30.3 Å². The average molecular weight is 466 g/mol. The lowest BCUT2D eigenvalue weighted by Gasteiger charge is -2.31. The molecule has 2 amide bonds. The minimum absolute atomic E-state index is 0.272. The molecule has 1 atom stereocenters. The number of anilines is 1. The maximum Gasteiger partial charge on any atom is 0.244 e. The molecule has 1 N–H and O–H groups in total. The first-order valence-electron chi connectivity index (χ1n) is 9.98. The molecule has 0 spiro atoms. The topological polar surface area (TPSA) is 86.8 Å². The van der Waals surface area contributed by atoms with Crippen molar-refractivity contribution in [1.82, 2.24) is 10.2 Å². The van der Waals surface area contributed by atoms with Crippen molar-refractivity contribution >= 4 is 39.1 Å². The van der Waals surface area contributed by atoms with Crippen LogP contribution in [0.25, 0.3) is 0 Å². The van der Waals surface area contributed by atoms with E-state index < -0.39 is 28.5 Å². The van der Waals surface area contributed by atoms with E-state index in [0.717, 1.165) is 16.1 Å². The molecule has 168 valence electrons. The summed E-state index contributed by atoms with van der Waals surface area (Å²) >= 11 is 6.01. The molecule has 7 nitrogen and oxygen atoms in total. The minimum Gasteiger partial charge on any atom is -0.355 e. The summed E-state index contributed by atoms with van der Waals surface area (Å²) in [6.07, 6.45) is 1.56. The summed E-state index contributed by atoms with van der Waals surface area (Å²) in [5.74, 6) is -0.766. The molecule has 31 heavy (non-hydrogen) atoms. The molecule has 0 radical (unpaired) electrons. The quantitative estimate of drug-likeness (QED) is 0.584. The summed E-state index contributed by atoms with van der Waals surface area (Å²) < 4.78 is 25.8. The van der Waals surface area contributed by atoms with Crippen LogP contribution in [-0.2, 0) is 26.0 Å². The molecule has 9 heteroatoms. The third-order valence-corrected chi connectivity index (χ3v) is 6.15. The van der Waals surface area contributed by atoms with E-state index >= 15 is 0 Å². The molecule has 2 aromatic rings. The fourth-order valence-electron chi connectivity index (χ4n) is 3.14. The molecule has 0 bridgehead atoms. The van der Waals surface area contributed by atoms with E-state index in [4.69, 9.17) is 11.6 Å². The summed E-state index contributed by atoms with van der Waals surface area (Å²) in [7, 11) is -3.76. The molecule has 0 aliphatic rings. The van der Waals surface area contributed by atoms with Gasteiger partial charge in [0.05, 0.1) is 11.9 Å². The highest BCUT2D eigenvalue weighted by molar-refractivity contribution is 7.92. The van der Waals surface area contributed by atoms with Crippen LogP contribution in [0, 0.1) is 0 Å². The van der Waals surface area contributed by atoms with Crippen LogP contribution in [0.5, 0.6) is 0 Å². The van der Waals surface area contributed by atoms with Crippen LogP contribution in [0.4, 0.5) is 5.69 Å². The Balaban J connectivity index is 2.29. The summed E-state index contributed by atoms with van der Waals surface area (Å²) in [5.41, 5.74) is 1.30. The first-order chi connectivity index (χ1) is 14.6. The number of nitrogens with zero attached hydrogens (tertiary/aromatic N) is 2. The van der Waals surface area contributed by atoms with Crippen molar-refractivity contribution in [2.75, 3.05) is 30.2 Å². The Morgan fingerprint density at radius 1 is 1.10 bits per heavy atom. The van der Waals surface area contributed by atoms with Gasteiger partial charge in [0, 0.05) is 18.1 Å². The lowest BCUT2D eigenvalue weighted by atomic mass is 10.1. The van der Waals surface area contributed by atoms with E-state index in [9.17, 15) is 18.0 Å². The van der Waals surface area contributed by atoms with Crippen LogP contribution in [0.15, 0.2) is 54.6 Å². The van der Waals surface area contributed by atoms with Crippen molar-refractivity contribution < 1.29 is 18.0 Å². The number of rotatable bonds is 10. The Morgan fingerprint density at radius 2 is 1.77 bits per heavy atom. The monoisotopic (exact) mass is 465 g/mol. The second-order valence-electron chi connectivity index (χ2n) is 7.14. The molecule has 0 fully saturated rings. The highest BCUT2D eigenvalue weighted by Crippen LogP contribution is 2.22. The highest BCUT2D eigenvalue weighted by atomic mass is 35.5. The lowest BCUT2D eigenvalue weighted by Crippen LogP contribution is -2.52. The van der Waals surface area contributed by atoms with E-state index in [-0.39, 0.29) is 18.1 Å². The van der Waals surface area contributed by atoms with Crippen molar-refractivity contribution in [3.63, 3.8) is 0 Å². The maximum absolute atomic E-state index is 13.2. The Labute approximate surface area is 189 Å². The van der Waals surface area contributed by atoms with Gasteiger partial charge in [-0.3, -0.25) is 13.9 Å². The van der Waals surface area contributed by atoms with Gasteiger partial charge in [0.2, 0.25) is 21.8 Å². The van der Waals surface area contributed by atoms with Gasteiger partial charge in [-0.05, 0) is 44.0 Å². The van der Waals surface area contributed by atoms with E-state index in [2.05, 4.69) is 5.32 Å². The van der Waals surface area contributed by atoms with E-state index in [1.54, 1.807) is 32.0 Å².